The maximum absolute atomic E-state index is 13.6. The Labute approximate surface area is 115 Å². The summed E-state index contributed by atoms with van der Waals surface area (Å²) >= 11 is 2.88. The average Bonchev–Trinajstić information content (AvgIpc) is 2.31. The number of carboxylic acids is 2. The zero-order valence-corrected chi connectivity index (χ0v) is 11.0. The van der Waals surface area contributed by atoms with Gasteiger partial charge in [0.2, 0.25) is 0 Å². The van der Waals surface area contributed by atoms with E-state index >= 15 is 0 Å². The summed E-state index contributed by atoms with van der Waals surface area (Å²) in [5, 5.41) is 19.2. The maximum atomic E-state index is 13.6. The van der Waals surface area contributed by atoms with Gasteiger partial charge in [0, 0.05) is 0 Å². The number of carboxylic acid groups (broad SMARTS) is 2. The van der Waals surface area contributed by atoms with Gasteiger partial charge in [-0.25, -0.2) is 9.18 Å². The minimum atomic E-state index is -1.62. The Bertz CT molecular complexity index is 534. The Morgan fingerprint density at radius 2 is 1.95 bits per heavy atom. The summed E-state index contributed by atoms with van der Waals surface area (Å²) in [5.74, 6) is -4.74. The van der Waals surface area contributed by atoms with Gasteiger partial charge in [-0.3, -0.25) is 9.59 Å². The van der Waals surface area contributed by atoms with Gasteiger partial charge < -0.3 is 15.5 Å². The molecule has 0 aromatic heterocycles. The van der Waals surface area contributed by atoms with E-state index in [1.807, 2.05) is 5.32 Å². The van der Waals surface area contributed by atoms with Crippen LogP contribution in [-0.4, -0.2) is 34.1 Å². The molecule has 0 radical (unpaired) electrons. The van der Waals surface area contributed by atoms with Gasteiger partial charge in [0.25, 0.3) is 5.91 Å². The van der Waals surface area contributed by atoms with Crippen LogP contribution in [0, 0.1) is 5.82 Å². The van der Waals surface area contributed by atoms with E-state index in [4.69, 9.17) is 10.2 Å². The molecule has 8 heteroatoms. The molecule has 0 unspecified atom stereocenters. The van der Waals surface area contributed by atoms with Gasteiger partial charge in [0.15, 0.2) is 0 Å². The SMILES string of the molecule is O=C(O)C[C@H](NC(=O)c1cccc(Br)c1F)C(=O)O. The summed E-state index contributed by atoms with van der Waals surface area (Å²) in [7, 11) is 0. The zero-order chi connectivity index (χ0) is 14.6. The van der Waals surface area contributed by atoms with Crippen molar-refractivity contribution in [2.75, 3.05) is 0 Å². The monoisotopic (exact) mass is 333 g/mol. The molecule has 0 spiro atoms. The molecule has 0 saturated carbocycles. The van der Waals surface area contributed by atoms with Crippen LogP contribution in [0.2, 0.25) is 0 Å². The second kappa shape index (κ2) is 6.28. The molecular weight excluding hydrogens is 325 g/mol. The predicted octanol–water partition coefficient (Wildman–Crippen LogP) is 1.25. The number of amides is 1. The molecule has 0 saturated heterocycles. The molecule has 1 aromatic rings. The van der Waals surface area contributed by atoms with E-state index in [1.165, 1.54) is 12.1 Å². The molecule has 6 nitrogen and oxygen atoms in total. The summed E-state index contributed by atoms with van der Waals surface area (Å²) in [6, 6.07) is 2.31. The van der Waals surface area contributed by atoms with Crippen LogP contribution >= 0.6 is 15.9 Å². The molecule has 1 aromatic carbocycles. The zero-order valence-electron chi connectivity index (χ0n) is 9.39. The van der Waals surface area contributed by atoms with Crippen molar-refractivity contribution in [3.05, 3.63) is 34.1 Å². The van der Waals surface area contributed by atoms with E-state index in [2.05, 4.69) is 15.9 Å². The summed E-state index contributed by atoms with van der Waals surface area (Å²) < 4.78 is 13.6. The molecule has 19 heavy (non-hydrogen) atoms. The molecule has 0 aliphatic heterocycles. The second-order valence-electron chi connectivity index (χ2n) is 3.56. The van der Waals surface area contributed by atoms with Gasteiger partial charge in [-0.1, -0.05) is 6.07 Å². The first-order chi connectivity index (χ1) is 8.82. The van der Waals surface area contributed by atoms with Crippen molar-refractivity contribution in [1.82, 2.24) is 5.32 Å². The number of hydrogen-bond acceptors (Lipinski definition) is 3. The van der Waals surface area contributed by atoms with Crippen LogP contribution in [-0.2, 0) is 9.59 Å². The van der Waals surface area contributed by atoms with Crippen molar-refractivity contribution in [3.8, 4) is 0 Å². The Balaban J connectivity index is 2.91. The van der Waals surface area contributed by atoms with E-state index in [1.54, 1.807) is 0 Å². The topological polar surface area (TPSA) is 104 Å². The van der Waals surface area contributed by atoms with Crippen molar-refractivity contribution in [3.63, 3.8) is 0 Å². The third-order valence-electron chi connectivity index (χ3n) is 2.18. The van der Waals surface area contributed by atoms with Gasteiger partial charge in [-0.05, 0) is 28.1 Å². The molecule has 0 aliphatic rings. The molecule has 102 valence electrons. The first-order valence-corrected chi connectivity index (χ1v) is 5.81. The standard InChI is InChI=1S/C11H9BrFNO5/c12-6-3-1-2-5(9(6)13)10(17)14-7(11(18)19)4-8(15)16/h1-3,7H,4H2,(H,14,17)(H,15,16)(H,18,19)/t7-/m0/s1. The summed E-state index contributed by atoms with van der Waals surface area (Å²) in [6.45, 7) is 0. The van der Waals surface area contributed by atoms with Crippen molar-refractivity contribution in [2.45, 2.75) is 12.5 Å². The Morgan fingerprint density at radius 1 is 1.32 bits per heavy atom. The highest BCUT2D eigenvalue weighted by molar-refractivity contribution is 9.10. The van der Waals surface area contributed by atoms with Crippen LogP contribution in [0.3, 0.4) is 0 Å². The fourth-order valence-corrected chi connectivity index (χ4v) is 1.66. The Morgan fingerprint density at radius 3 is 2.47 bits per heavy atom. The highest BCUT2D eigenvalue weighted by Gasteiger charge is 2.25. The summed E-state index contributed by atoms with van der Waals surface area (Å²) in [4.78, 5) is 32.9. The van der Waals surface area contributed by atoms with Gasteiger partial charge in [0.1, 0.15) is 11.9 Å². The summed E-state index contributed by atoms with van der Waals surface area (Å²) in [6.07, 6.45) is -0.795. The highest BCUT2D eigenvalue weighted by Crippen LogP contribution is 2.18. The molecule has 0 aliphatic carbocycles. The molecule has 1 rings (SSSR count). The van der Waals surface area contributed by atoms with E-state index in [0.717, 1.165) is 6.07 Å². The van der Waals surface area contributed by atoms with Gasteiger partial charge in [-0.2, -0.15) is 0 Å². The summed E-state index contributed by atoms with van der Waals surface area (Å²) in [5.41, 5.74) is -0.369. The highest BCUT2D eigenvalue weighted by atomic mass is 79.9. The van der Waals surface area contributed by atoms with E-state index in [-0.39, 0.29) is 10.0 Å². The lowest BCUT2D eigenvalue weighted by Crippen LogP contribution is -2.42. The molecule has 0 bridgehead atoms. The molecule has 0 fully saturated rings. The number of hydrogen-bond donors (Lipinski definition) is 3. The first kappa shape index (κ1) is 15.1. The number of aliphatic carboxylic acids is 2. The lowest BCUT2D eigenvalue weighted by atomic mass is 10.1. The smallest absolute Gasteiger partial charge is 0.326 e. The van der Waals surface area contributed by atoms with Gasteiger partial charge in [-0.15, -0.1) is 0 Å². The largest absolute Gasteiger partial charge is 0.481 e. The van der Waals surface area contributed by atoms with E-state index in [9.17, 15) is 18.8 Å². The van der Waals surface area contributed by atoms with Crippen molar-refractivity contribution in [2.24, 2.45) is 0 Å². The Kier molecular flexibility index (Phi) is 4.99. The fourth-order valence-electron chi connectivity index (χ4n) is 1.29. The van der Waals surface area contributed by atoms with Crippen molar-refractivity contribution < 1.29 is 29.0 Å². The fraction of sp³-hybridized carbons (Fsp3) is 0.182. The third-order valence-corrected chi connectivity index (χ3v) is 2.79. The van der Waals surface area contributed by atoms with Gasteiger partial charge in [0.05, 0.1) is 16.5 Å². The van der Waals surface area contributed by atoms with Crippen LogP contribution in [0.1, 0.15) is 16.8 Å². The quantitative estimate of drug-likeness (QED) is 0.752. The number of carbonyl (C=O) groups is 3. The third kappa shape index (κ3) is 4.02. The lowest BCUT2D eigenvalue weighted by molar-refractivity contribution is -0.145. The molecule has 0 heterocycles. The van der Waals surface area contributed by atoms with Crippen LogP contribution in [0.15, 0.2) is 22.7 Å². The average molecular weight is 334 g/mol. The number of nitrogens with one attached hydrogen (secondary N) is 1. The minimum absolute atomic E-state index is 0.0465. The minimum Gasteiger partial charge on any atom is -0.481 e. The number of carbonyl (C=O) groups excluding carboxylic acids is 1. The van der Waals surface area contributed by atoms with Crippen molar-refractivity contribution >= 4 is 33.8 Å². The number of rotatable bonds is 5. The van der Waals surface area contributed by atoms with E-state index in [0.29, 0.717) is 0 Å². The first-order valence-electron chi connectivity index (χ1n) is 5.02. The predicted molar refractivity (Wildman–Crippen MR) is 65.2 cm³/mol. The van der Waals surface area contributed by atoms with Crippen LogP contribution < -0.4 is 5.32 Å². The Hall–Kier alpha value is -1.96. The maximum Gasteiger partial charge on any atom is 0.326 e. The van der Waals surface area contributed by atoms with Crippen LogP contribution in [0.25, 0.3) is 0 Å². The lowest BCUT2D eigenvalue weighted by Gasteiger charge is -2.13. The van der Waals surface area contributed by atoms with Crippen LogP contribution in [0.5, 0.6) is 0 Å². The number of benzene rings is 1. The van der Waals surface area contributed by atoms with Crippen molar-refractivity contribution in [1.29, 1.82) is 0 Å². The number of halogens is 2. The van der Waals surface area contributed by atoms with Gasteiger partial charge >= 0.3 is 11.9 Å². The molecule has 1 amide bonds. The second-order valence-corrected chi connectivity index (χ2v) is 4.42. The molecule has 3 N–H and O–H groups in total. The van der Waals surface area contributed by atoms with Crippen LogP contribution in [0.4, 0.5) is 4.39 Å². The van der Waals surface area contributed by atoms with E-state index < -0.39 is 36.1 Å². The normalized spacial score (nSPS) is 11.7. The molecule has 1 atom stereocenters. The molecular formula is C11H9BrFNO5.